The molecule has 0 bridgehead atoms. The Kier molecular flexibility index (Phi) is 19.1. The molecular formula is C43H67N5. The van der Waals surface area contributed by atoms with Gasteiger partial charge >= 0.3 is 0 Å². The van der Waals surface area contributed by atoms with Crippen LogP contribution in [0.25, 0.3) is 0 Å². The Hall–Kier alpha value is -3.47. The van der Waals surface area contributed by atoms with Crippen LogP contribution >= 0.6 is 0 Å². The van der Waals surface area contributed by atoms with E-state index >= 15 is 0 Å². The molecular weight excluding hydrogens is 587 g/mol. The fraction of sp³-hybridized carbons (Fsp3) is 0.558. The Bertz CT molecular complexity index is 1140. The number of hydrogen-bond acceptors (Lipinski definition) is 5. The summed E-state index contributed by atoms with van der Waals surface area (Å²) in [6.45, 7) is 34.7. The summed E-state index contributed by atoms with van der Waals surface area (Å²) in [6.07, 6.45) is 3.69. The highest BCUT2D eigenvalue weighted by Crippen LogP contribution is 2.21. The minimum Gasteiger partial charge on any atom is -0.257 e. The van der Waals surface area contributed by atoms with Crippen molar-refractivity contribution in [2.24, 2.45) is 0 Å². The first-order valence-electron chi connectivity index (χ1n) is 18.2. The van der Waals surface area contributed by atoms with Crippen molar-refractivity contribution in [3.05, 3.63) is 113 Å². The minimum absolute atomic E-state index is 0.420. The Labute approximate surface area is 294 Å². The van der Waals surface area contributed by atoms with E-state index in [9.17, 15) is 0 Å². The Morgan fingerprint density at radius 3 is 0.938 bits per heavy atom. The van der Waals surface area contributed by atoms with E-state index in [0.717, 1.165) is 23.0 Å². The van der Waals surface area contributed by atoms with Gasteiger partial charge in [0.05, 0.1) is 0 Å². The average molecular weight is 654 g/mol. The fourth-order valence-electron chi connectivity index (χ4n) is 4.37. The molecule has 0 fully saturated rings. The topological polar surface area (TPSA) is 64.5 Å². The van der Waals surface area contributed by atoms with Gasteiger partial charge in [0.15, 0.2) is 0 Å². The highest BCUT2D eigenvalue weighted by Gasteiger charge is 2.07. The van der Waals surface area contributed by atoms with Crippen molar-refractivity contribution < 1.29 is 0 Å². The van der Waals surface area contributed by atoms with E-state index in [2.05, 4.69) is 178 Å². The molecule has 3 heterocycles. The molecule has 48 heavy (non-hydrogen) atoms. The maximum atomic E-state index is 4.57. The van der Waals surface area contributed by atoms with Crippen molar-refractivity contribution in [3.8, 4) is 0 Å². The lowest BCUT2D eigenvalue weighted by Crippen LogP contribution is -2.01. The van der Waals surface area contributed by atoms with Crippen molar-refractivity contribution in [3.63, 3.8) is 0 Å². The number of hydrogen-bond donors (Lipinski definition) is 0. The maximum absolute atomic E-state index is 4.57. The van der Waals surface area contributed by atoms with Crippen LogP contribution in [-0.2, 0) is 0 Å². The monoisotopic (exact) mass is 654 g/mol. The second-order valence-electron chi connectivity index (χ2n) is 15.1. The molecule has 0 aliphatic carbocycles. The SMILES string of the molecule is CC(C)c1cccc(C(C)C)c1.CC(C)c1cccc(C(C)C)n1.CC(C)c1ccnc(C(C)C)n1.CC(C)c1ccnc(C(C)C)n1. The first kappa shape index (κ1) is 42.6. The minimum atomic E-state index is 0.420. The summed E-state index contributed by atoms with van der Waals surface area (Å²) in [7, 11) is 0. The lowest BCUT2D eigenvalue weighted by molar-refractivity contribution is 0.729. The van der Waals surface area contributed by atoms with Crippen LogP contribution in [0.5, 0.6) is 0 Å². The number of nitrogens with zero attached hydrogens (tertiary/aromatic N) is 5. The number of aromatic nitrogens is 5. The zero-order valence-electron chi connectivity index (χ0n) is 33.2. The molecule has 0 radical (unpaired) electrons. The van der Waals surface area contributed by atoms with Gasteiger partial charge in [0, 0.05) is 47.0 Å². The van der Waals surface area contributed by atoms with Gasteiger partial charge in [-0.2, -0.15) is 0 Å². The molecule has 0 aliphatic heterocycles. The van der Waals surface area contributed by atoms with Gasteiger partial charge in [-0.3, -0.25) is 4.98 Å². The summed E-state index contributed by atoms with van der Waals surface area (Å²) in [5.74, 6) is 6.06. The van der Waals surface area contributed by atoms with Crippen molar-refractivity contribution in [1.29, 1.82) is 0 Å². The molecule has 0 N–H and O–H groups in total. The zero-order chi connectivity index (χ0) is 36.6. The largest absolute Gasteiger partial charge is 0.257 e. The van der Waals surface area contributed by atoms with E-state index in [1.54, 1.807) is 0 Å². The number of benzene rings is 1. The smallest absolute Gasteiger partial charge is 0.131 e. The van der Waals surface area contributed by atoms with Crippen molar-refractivity contribution in [2.75, 3.05) is 0 Å². The molecule has 0 spiro atoms. The fourth-order valence-corrected chi connectivity index (χ4v) is 4.37. The summed E-state index contributed by atoms with van der Waals surface area (Å²) < 4.78 is 0. The third-order valence-corrected chi connectivity index (χ3v) is 7.83. The van der Waals surface area contributed by atoms with Crippen LogP contribution in [-0.4, -0.2) is 24.9 Å². The van der Waals surface area contributed by atoms with Crippen molar-refractivity contribution >= 4 is 0 Å². The first-order valence-corrected chi connectivity index (χ1v) is 18.2. The zero-order valence-corrected chi connectivity index (χ0v) is 33.2. The lowest BCUT2D eigenvalue weighted by Gasteiger charge is -2.09. The highest BCUT2D eigenvalue weighted by atomic mass is 14.9. The molecule has 0 amide bonds. The van der Waals surface area contributed by atoms with E-state index in [1.165, 1.54) is 22.5 Å². The number of rotatable bonds is 8. The third kappa shape index (κ3) is 15.6. The molecule has 264 valence electrons. The lowest BCUT2D eigenvalue weighted by atomic mass is 9.96. The maximum Gasteiger partial charge on any atom is 0.131 e. The molecule has 0 unspecified atom stereocenters. The summed E-state index contributed by atoms with van der Waals surface area (Å²) in [5, 5.41) is 0. The van der Waals surface area contributed by atoms with Gasteiger partial charge in [-0.25, -0.2) is 19.9 Å². The molecule has 0 saturated heterocycles. The van der Waals surface area contributed by atoms with E-state index < -0.39 is 0 Å². The van der Waals surface area contributed by atoms with Gasteiger partial charge in [0.1, 0.15) is 11.6 Å². The number of pyridine rings is 1. The van der Waals surface area contributed by atoms with Crippen molar-refractivity contribution in [1.82, 2.24) is 24.9 Å². The summed E-state index contributed by atoms with van der Waals surface area (Å²) >= 11 is 0. The molecule has 0 aliphatic rings. The molecule has 3 aromatic heterocycles. The first-order chi connectivity index (χ1) is 22.4. The van der Waals surface area contributed by atoms with Crippen LogP contribution in [0, 0.1) is 0 Å². The summed E-state index contributed by atoms with van der Waals surface area (Å²) in [6, 6.07) is 19.1. The van der Waals surface area contributed by atoms with Gasteiger partial charge in [-0.15, -0.1) is 0 Å². The molecule has 0 saturated carbocycles. The molecule has 5 nitrogen and oxygen atoms in total. The van der Waals surface area contributed by atoms with E-state index in [-0.39, 0.29) is 0 Å². The predicted octanol–water partition coefficient (Wildman–Crippen LogP) is 12.7. The van der Waals surface area contributed by atoms with Crippen LogP contribution in [0.15, 0.2) is 67.0 Å². The molecule has 5 heteroatoms. The molecule has 4 aromatic rings. The summed E-state index contributed by atoms with van der Waals surface area (Å²) in [4.78, 5) is 21.9. The Morgan fingerprint density at radius 2 is 0.646 bits per heavy atom. The standard InChI is InChI=1S/C12H18.C11H17N.2C10H16N2/c1-9(2)11-6-5-7-12(8-11)10(3)4;1-8(2)10-6-5-7-11(12-10)9(3)4;2*1-7(2)9-5-6-11-10(12-9)8(3)4/h5-10H,1-4H3;5-9H,1-4H3;2*5-8H,1-4H3. The second kappa shape index (κ2) is 21.5. The van der Waals surface area contributed by atoms with Gasteiger partial charge in [0.25, 0.3) is 0 Å². The second-order valence-corrected chi connectivity index (χ2v) is 15.1. The highest BCUT2D eigenvalue weighted by molar-refractivity contribution is 5.27. The molecule has 4 rings (SSSR count). The third-order valence-electron chi connectivity index (χ3n) is 7.83. The van der Waals surface area contributed by atoms with Crippen LogP contribution in [0.1, 0.15) is 204 Å². The van der Waals surface area contributed by atoms with Crippen LogP contribution in [0.3, 0.4) is 0 Å². The van der Waals surface area contributed by atoms with Crippen LogP contribution < -0.4 is 0 Å². The van der Waals surface area contributed by atoms with E-state index in [0.29, 0.717) is 47.3 Å². The van der Waals surface area contributed by atoms with Crippen LogP contribution in [0.2, 0.25) is 0 Å². The van der Waals surface area contributed by atoms with Gasteiger partial charge in [0.2, 0.25) is 0 Å². The Balaban J connectivity index is 0.000000320. The van der Waals surface area contributed by atoms with Gasteiger partial charge < -0.3 is 0 Å². The molecule has 0 atom stereocenters. The quantitative estimate of drug-likeness (QED) is 0.189. The summed E-state index contributed by atoms with van der Waals surface area (Å²) in [5.41, 5.74) is 7.55. The normalized spacial score (nSPS) is 11.2. The van der Waals surface area contributed by atoms with Crippen molar-refractivity contribution in [2.45, 2.75) is 158 Å². The average Bonchev–Trinajstić information content (AvgIpc) is 3.05. The predicted molar refractivity (Wildman–Crippen MR) is 207 cm³/mol. The van der Waals surface area contributed by atoms with Gasteiger partial charge in [-0.05, 0) is 70.9 Å². The van der Waals surface area contributed by atoms with Gasteiger partial charge in [-0.1, -0.05) is 141 Å². The van der Waals surface area contributed by atoms with Crippen LogP contribution in [0.4, 0.5) is 0 Å². The Morgan fingerprint density at radius 1 is 0.333 bits per heavy atom. The molecule has 1 aromatic carbocycles. The van der Waals surface area contributed by atoms with E-state index in [4.69, 9.17) is 0 Å². The van der Waals surface area contributed by atoms with E-state index in [1.807, 2.05) is 24.5 Å².